The highest BCUT2D eigenvalue weighted by Gasteiger charge is 2.31. The first kappa shape index (κ1) is 17.3. The second-order valence-electron chi connectivity index (χ2n) is 5.11. The van der Waals surface area contributed by atoms with Gasteiger partial charge >= 0.3 is 6.18 Å². The average molecular weight is 344 g/mol. The quantitative estimate of drug-likeness (QED) is 0.870. The van der Waals surface area contributed by atoms with Crippen LogP contribution in [0.4, 0.5) is 18.9 Å². The molecule has 0 amide bonds. The zero-order valence-corrected chi connectivity index (χ0v) is 13.2. The van der Waals surface area contributed by atoms with Crippen LogP contribution >= 0.6 is 0 Å². The molecule has 8 heteroatoms. The fourth-order valence-corrected chi connectivity index (χ4v) is 2.90. The first-order valence-corrected chi connectivity index (χ1v) is 7.97. The summed E-state index contributed by atoms with van der Waals surface area (Å²) in [5, 5.41) is 0. The molecule has 0 spiro atoms. The molecule has 0 atom stereocenters. The molecule has 2 aromatic rings. The van der Waals surface area contributed by atoms with Gasteiger partial charge in [-0.2, -0.15) is 13.2 Å². The fourth-order valence-electron chi connectivity index (χ4n) is 2.00. The lowest BCUT2D eigenvalue weighted by Crippen LogP contribution is -2.22. The van der Waals surface area contributed by atoms with Gasteiger partial charge in [0, 0.05) is 25.3 Å². The number of rotatable bonds is 3. The summed E-state index contributed by atoms with van der Waals surface area (Å²) >= 11 is 0. The highest BCUT2D eigenvalue weighted by atomic mass is 32.2. The molecule has 0 radical (unpaired) electrons. The van der Waals surface area contributed by atoms with Gasteiger partial charge in [-0.3, -0.25) is 0 Å². The van der Waals surface area contributed by atoms with E-state index >= 15 is 0 Å². The standard InChI is InChI=1S/C15H15F3N2O2S/c1-20(2)23(21,22)12-6-3-10(4-7-12)13-9-11(15(16,17)18)5-8-14(13)19/h3-9H,19H2,1-2H3. The fraction of sp³-hybridized carbons (Fsp3) is 0.200. The minimum atomic E-state index is -4.48. The number of benzene rings is 2. The van der Waals surface area contributed by atoms with Gasteiger partial charge in [-0.05, 0) is 35.9 Å². The van der Waals surface area contributed by atoms with E-state index in [0.717, 1.165) is 16.4 Å². The maximum atomic E-state index is 12.8. The van der Waals surface area contributed by atoms with Gasteiger partial charge in [0.15, 0.2) is 0 Å². The molecule has 0 aromatic heterocycles. The van der Waals surface area contributed by atoms with E-state index in [1.807, 2.05) is 0 Å². The summed E-state index contributed by atoms with van der Waals surface area (Å²) in [6, 6.07) is 8.58. The predicted octanol–water partition coefficient (Wildman–Crippen LogP) is 3.20. The van der Waals surface area contributed by atoms with E-state index in [1.54, 1.807) is 0 Å². The zero-order chi connectivity index (χ0) is 17.4. The van der Waals surface area contributed by atoms with Crippen molar-refractivity contribution in [3.8, 4) is 11.1 Å². The summed E-state index contributed by atoms with van der Waals surface area (Å²) in [5.74, 6) is 0. The number of nitrogens with zero attached hydrogens (tertiary/aromatic N) is 1. The molecule has 0 heterocycles. The van der Waals surface area contributed by atoms with E-state index in [1.165, 1.54) is 44.4 Å². The number of anilines is 1. The van der Waals surface area contributed by atoms with Crippen LogP contribution < -0.4 is 5.73 Å². The summed E-state index contributed by atoms with van der Waals surface area (Å²) in [5.41, 5.74) is 5.72. The van der Waals surface area contributed by atoms with Gasteiger partial charge in [-0.15, -0.1) is 0 Å². The van der Waals surface area contributed by atoms with Gasteiger partial charge < -0.3 is 5.73 Å². The SMILES string of the molecule is CN(C)S(=O)(=O)c1ccc(-c2cc(C(F)(F)F)ccc2N)cc1. The van der Waals surface area contributed by atoms with Crippen LogP contribution in [0.3, 0.4) is 0 Å². The molecule has 0 fully saturated rings. The smallest absolute Gasteiger partial charge is 0.398 e. The molecule has 23 heavy (non-hydrogen) atoms. The molecule has 0 saturated heterocycles. The van der Waals surface area contributed by atoms with E-state index in [-0.39, 0.29) is 16.1 Å². The first-order chi connectivity index (χ1) is 10.5. The summed E-state index contributed by atoms with van der Waals surface area (Å²) in [6.07, 6.45) is -4.48. The summed E-state index contributed by atoms with van der Waals surface area (Å²) in [4.78, 5) is 0.0526. The monoisotopic (exact) mass is 344 g/mol. The highest BCUT2D eigenvalue weighted by molar-refractivity contribution is 7.89. The van der Waals surface area contributed by atoms with Crippen molar-refractivity contribution in [2.75, 3.05) is 19.8 Å². The van der Waals surface area contributed by atoms with Gasteiger partial charge in [0.2, 0.25) is 10.0 Å². The van der Waals surface area contributed by atoms with Crippen molar-refractivity contribution in [2.45, 2.75) is 11.1 Å². The van der Waals surface area contributed by atoms with Gasteiger partial charge in [-0.1, -0.05) is 12.1 Å². The molecule has 0 unspecified atom stereocenters. The van der Waals surface area contributed by atoms with Crippen molar-refractivity contribution in [1.29, 1.82) is 0 Å². The third kappa shape index (κ3) is 3.48. The number of alkyl halides is 3. The molecule has 0 aliphatic carbocycles. The number of sulfonamides is 1. The lowest BCUT2D eigenvalue weighted by Gasteiger charge is -2.13. The third-order valence-corrected chi connectivity index (χ3v) is 5.15. The molecule has 124 valence electrons. The topological polar surface area (TPSA) is 63.4 Å². The Bertz CT molecular complexity index is 814. The molecular formula is C15H15F3N2O2S. The maximum absolute atomic E-state index is 12.8. The van der Waals surface area contributed by atoms with Gasteiger partial charge in [0.1, 0.15) is 0 Å². The van der Waals surface area contributed by atoms with E-state index in [9.17, 15) is 21.6 Å². The minimum Gasteiger partial charge on any atom is -0.398 e. The Morgan fingerprint density at radius 3 is 2.04 bits per heavy atom. The number of hydrogen-bond donors (Lipinski definition) is 1. The van der Waals surface area contributed by atoms with Crippen molar-refractivity contribution in [3.63, 3.8) is 0 Å². The maximum Gasteiger partial charge on any atom is 0.416 e. The number of nitrogens with two attached hydrogens (primary N) is 1. The number of halogens is 3. The second kappa shape index (κ2) is 5.86. The molecule has 0 aliphatic heterocycles. The van der Waals surface area contributed by atoms with Crippen molar-refractivity contribution in [2.24, 2.45) is 0 Å². The van der Waals surface area contributed by atoms with Crippen LogP contribution in [0.1, 0.15) is 5.56 Å². The Hall–Kier alpha value is -2.06. The molecule has 2 N–H and O–H groups in total. The molecular weight excluding hydrogens is 329 g/mol. The average Bonchev–Trinajstić information content (AvgIpc) is 2.46. The normalized spacial score (nSPS) is 12.6. The lowest BCUT2D eigenvalue weighted by molar-refractivity contribution is -0.137. The molecule has 2 rings (SSSR count). The van der Waals surface area contributed by atoms with Crippen molar-refractivity contribution in [3.05, 3.63) is 48.0 Å². The number of hydrogen-bond acceptors (Lipinski definition) is 3. The van der Waals surface area contributed by atoms with Crippen LogP contribution in [0.25, 0.3) is 11.1 Å². The molecule has 4 nitrogen and oxygen atoms in total. The molecule has 0 bridgehead atoms. The highest BCUT2D eigenvalue weighted by Crippen LogP contribution is 2.35. The third-order valence-electron chi connectivity index (χ3n) is 3.32. The Morgan fingerprint density at radius 2 is 1.57 bits per heavy atom. The molecule has 2 aromatic carbocycles. The van der Waals surface area contributed by atoms with E-state index in [2.05, 4.69) is 0 Å². The van der Waals surface area contributed by atoms with Crippen LogP contribution in [-0.2, 0) is 16.2 Å². The van der Waals surface area contributed by atoms with Gasteiger partial charge in [0.25, 0.3) is 0 Å². The van der Waals surface area contributed by atoms with Crippen LogP contribution in [0.2, 0.25) is 0 Å². The van der Waals surface area contributed by atoms with Crippen LogP contribution in [-0.4, -0.2) is 26.8 Å². The van der Waals surface area contributed by atoms with Crippen molar-refractivity contribution in [1.82, 2.24) is 4.31 Å². The van der Waals surface area contributed by atoms with Crippen LogP contribution in [0, 0.1) is 0 Å². The van der Waals surface area contributed by atoms with Crippen LogP contribution in [0.5, 0.6) is 0 Å². The van der Waals surface area contributed by atoms with E-state index < -0.39 is 21.8 Å². The van der Waals surface area contributed by atoms with Crippen molar-refractivity contribution >= 4 is 15.7 Å². The Kier molecular flexibility index (Phi) is 4.41. The first-order valence-electron chi connectivity index (χ1n) is 6.53. The largest absolute Gasteiger partial charge is 0.416 e. The molecule has 0 aliphatic rings. The number of nitrogen functional groups attached to an aromatic ring is 1. The predicted molar refractivity (Wildman–Crippen MR) is 82.2 cm³/mol. The zero-order valence-electron chi connectivity index (χ0n) is 12.4. The summed E-state index contributed by atoms with van der Waals surface area (Å²) in [7, 11) is -0.802. The molecule has 0 saturated carbocycles. The van der Waals surface area contributed by atoms with E-state index in [0.29, 0.717) is 5.56 Å². The Morgan fingerprint density at radius 1 is 1.00 bits per heavy atom. The summed E-state index contributed by atoms with van der Waals surface area (Å²) in [6.45, 7) is 0. The van der Waals surface area contributed by atoms with Gasteiger partial charge in [-0.25, -0.2) is 12.7 Å². The van der Waals surface area contributed by atoms with E-state index in [4.69, 9.17) is 5.73 Å². The van der Waals surface area contributed by atoms with Gasteiger partial charge in [0.05, 0.1) is 10.5 Å². The summed E-state index contributed by atoms with van der Waals surface area (Å²) < 4.78 is 63.4. The van der Waals surface area contributed by atoms with Crippen molar-refractivity contribution < 1.29 is 21.6 Å². The Labute approximate surface area is 132 Å². The van der Waals surface area contributed by atoms with Crippen LogP contribution in [0.15, 0.2) is 47.4 Å². The minimum absolute atomic E-state index is 0.0526. The lowest BCUT2D eigenvalue weighted by atomic mass is 10.0. The second-order valence-corrected chi connectivity index (χ2v) is 7.26. The Balaban J connectivity index is 2.48.